The molecule has 0 saturated carbocycles. The van der Waals surface area contributed by atoms with Crippen LogP contribution in [-0.2, 0) is 3.79 Å². The molecule has 1 aliphatic heterocycles. The van der Waals surface area contributed by atoms with Crippen molar-refractivity contribution in [2.45, 2.75) is 141 Å². The van der Waals surface area contributed by atoms with Gasteiger partial charge in [0.05, 0.1) is 0 Å². The number of likely N-dealkylation sites (tertiary alicyclic amines) is 1. The van der Waals surface area contributed by atoms with Crippen LogP contribution in [0.15, 0.2) is 0 Å². The quantitative estimate of drug-likeness (QED) is 0.153. The Bertz CT molecular complexity index is 328. The van der Waals surface area contributed by atoms with Gasteiger partial charge in [-0.1, -0.05) is 115 Å². The van der Waals surface area contributed by atoms with Crippen LogP contribution in [0.1, 0.15) is 124 Å². The number of unbranched alkanes of at least 4 members (excludes halogenated alkanes) is 10. The van der Waals surface area contributed by atoms with Gasteiger partial charge in [-0.2, -0.15) is 0 Å². The Morgan fingerprint density at radius 1 is 0.724 bits per heavy atom. The normalized spacial score (nSPS) is 17.0. The molecule has 1 heterocycles. The molecule has 0 spiro atoms. The molecule has 0 aliphatic carbocycles. The fraction of sp³-hybridized carbons (Fsp3) is 1.00. The molecule has 2 nitrogen and oxygen atoms in total. The molecule has 1 aliphatic rings. The SMILES string of the molecule is CCCCCCC[CH2][Al]([CH2]CCCCCCC)[O]C(CC)C1CCN(CC)CC1. The maximum atomic E-state index is 6.98. The molecule has 1 fully saturated rings. The Morgan fingerprint density at radius 3 is 1.66 bits per heavy atom. The summed E-state index contributed by atoms with van der Waals surface area (Å²) in [6, 6.07) is 0. The Hall–Kier alpha value is 0.452. The summed E-state index contributed by atoms with van der Waals surface area (Å²) in [6.07, 6.45) is 21.6. The zero-order chi connectivity index (χ0) is 21.2. The maximum absolute atomic E-state index is 6.98. The van der Waals surface area contributed by atoms with Crippen LogP contribution in [0.3, 0.4) is 0 Å². The van der Waals surface area contributed by atoms with E-state index in [1.165, 1.54) is 127 Å². The van der Waals surface area contributed by atoms with Crippen molar-refractivity contribution in [3.8, 4) is 0 Å². The molecule has 1 rings (SSSR count). The van der Waals surface area contributed by atoms with Crippen molar-refractivity contribution < 1.29 is 3.79 Å². The Kier molecular flexibility index (Phi) is 18.2. The highest BCUT2D eigenvalue weighted by molar-refractivity contribution is 6.51. The molecule has 0 aromatic carbocycles. The van der Waals surface area contributed by atoms with Gasteiger partial charge in [-0.05, 0) is 44.8 Å². The highest BCUT2D eigenvalue weighted by atomic mass is 27.2. The fourth-order valence-electron chi connectivity index (χ4n) is 5.01. The second-order valence-electron chi connectivity index (χ2n) is 9.59. The number of hydrogen-bond donors (Lipinski definition) is 0. The molecule has 0 aromatic heterocycles. The van der Waals surface area contributed by atoms with E-state index in [0.29, 0.717) is 6.10 Å². The predicted octanol–water partition coefficient (Wildman–Crippen LogP) is 8.23. The first-order chi connectivity index (χ1) is 14.2. The van der Waals surface area contributed by atoms with E-state index >= 15 is 0 Å². The van der Waals surface area contributed by atoms with E-state index < -0.39 is 14.5 Å². The maximum Gasteiger partial charge on any atom is 0.460 e. The molecule has 0 radical (unpaired) electrons. The van der Waals surface area contributed by atoms with Crippen LogP contribution in [0.25, 0.3) is 0 Å². The van der Waals surface area contributed by atoms with Crippen LogP contribution in [-0.4, -0.2) is 45.1 Å². The van der Waals surface area contributed by atoms with E-state index in [9.17, 15) is 0 Å². The van der Waals surface area contributed by atoms with Gasteiger partial charge in [-0.25, -0.2) is 0 Å². The van der Waals surface area contributed by atoms with Gasteiger partial charge in [-0.15, -0.1) is 0 Å². The van der Waals surface area contributed by atoms with Gasteiger partial charge in [0.15, 0.2) is 0 Å². The summed E-state index contributed by atoms with van der Waals surface area (Å²) in [6.45, 7) is 13.1. The van der Waals surface area contributed by atoms with Crippen LogP contribution in [0, 0.1) is 5.92 Å². The second-order valence-corrected chi connectivity index (χ2v) is 12.3. The molecule has 1 atom stereocenters. The standard InChI is InChI=1S/C10H20NO.2C8H17.Al/c1-3-10(12)9-5-7-11(4-2)8-6-9;2*1-3-5-7-8-6-4-2;/h9-10H,3-8H2,1-2H3;2*1,3-8H2,2H3;/q-1;;;+1. The van der Waals surface area contributed by atoms with Crippen molar-refractivity contribution in [1.82, 2.24) is 4.90 Å². The molecule has 0 bridgehead atoms. The van der Waals surface area contributed by atoms with Crippen LogP contribution >= 0.6 is 0 Å². The largest absolute Gasteiger partial charge is 0.498 e. The molecule has 0 N–H and O–H groups in total. The molecule has 0 amide bonds. The first kappa shape index (κ1) is 27.5. The summed E-state index contributed by atoms with van der Waals surface area (Å²) in [7, 11) is 0. The van der Waals surface area contributed by atoms with E-state index in [4.69, 9.17) is 3.79 Å². The third-order valence-electron chi connectivity index (χ3n) is 7.13. The molecule has 172 valence electrons. The van der Waals surface area contributed by atoms with E-state index in [-0.39, 0.29) is 0 Å². The summed E-state index contributed by atoms with van der Waals surface area (Å²) in [4.78, 5) is 2.62. The zero-order valence-electron chi connectivity index (χ0n) is 20.7. The number of piperidine rings is 1. The van der Waals surface area contributed by atoms with E-state index in [1.54, 1.807) is 0 Å². The van der Waals surface area contributed by atoms with Crippen molar-refractivity contribution in [1.29, 1.82) is 0 Å². The first-order valence-electron chi connectivity index (χ1n) is 13.6. The van der Waals surface area contributed by atoms with Gasteiger partial charge in [0.1, 0.15) is 0 Å². The van der Waals surface area contributed by atoms with E-state index in [0.717, 1.165) is 5.92 Å². The molecule has 3 heteroatoms. The second kappa shape index (κ2) is 19.2. The average molecular weight is 424 g/mol. The van der Waals surface area contributed by atoms with E-state index in [2.05, 4.69) is 32.6 Å². The van der Waals surface area contributed by atoms with Crippen molar-refractivity contribution in [2.24, 2.45) is 5.92 Å². The topological polar surface area (TPSA) is 12.5 Å². The summed E-state index contributed by atoms with van der Waals surface area (Å²) in [5.41, 5.74) is 0. The van der Waals surface area contributed by atoms with Gasteiger partial charge in [-0.3, -0.25) is 0 Å². The minimum Gasteiger partial charge on any atom is -0.498 e. The highest BCUT2D eigenvalue weighted by Gasteiger charge is 2.30. The van der Waals surface area contributed by atoms with Crippen LogP contribution in [0.2, 0.25) is 10.6 Å². The lowest BCUT2D eigenvalue weighted by Gasteiger charge is -2.37. The third kappa shape index (κ3) is 13.5. The Balaban J connectivity index is 2.40. The lowest BCUT2D eigenvalue weighted by molar-refractivity contribution is 0.0735. The summed E-state index contributed by atoms with van der Waals surface area (Å²) >= 11 is -1.03. The highest BCUT2D eigenvalue weighted by Crippen LogP contribution is 2.27. The predicted molar refractivity (Wildman–Crippen MR) is 132 cm³/mol. The van der Waals surface area contributed by atoms with Crippen molar-refractivity contribution in [3.63, 3.8) is 0 Å². The van der Waals surface area contributed by atoms with Crippen molar-refractivity contribution >= 4 is 14.5 Å². The first-order valence-corrected chi connectivity index (χ1v) is 15.7. The molecular formula is C26H54AlNO. The molecular weight excluding hydrogens is 369 g/mol. The van der Waals surface area contributed by atoms with Crippen molar-refractivity contribution in [3.05, 3.63) is 0 Å². The van der Waals surface area contributed by atoms with Crippen LogP contribution in [0.4, 0.5) is 0 Å². The third-order valence-corrected chi connectivity index (χ3v) is 9.97. The van der Waals surface area contributed by atoms with Gasteiger partial charge in [0.2, 0.25) is 0 Å². The molecule has 29 heavy (non-hydrogen) atoms. The minimum absolute atomic E-state index is 0.561. The molecule has 1 unspecified atom stereocenters. The molecule has 0 aromatic rings. The Morgan fingerprint density at radius 2 is 1.21 bits per heavy atom. The monoisotopic (exact) mass is 423 g/mol. The van der Waals surface area contributed by atoms with Crippen LogP contribution in [0.5, 0.6) is 0 Å². The number of nitrogens with zero attached hydrogens (tertiary/aromatic N) is 1. The van der Waals surface area contributed by atoms with Gasteiger partial charge >= 0.3 is 14.5 Å². The van der Waals surface area contributed by atoms with E-state index in [1.807, 2.05) is 0 Å². The molecule has 1 saturated heterocycles. The summed E-state index contributed by atoms with van der Waals surface area (Å²) in [5, 5.41) is 2.87. The zero-order valence-corrected chi connectivity index (χ0v) is 21.9. The van der Waals surface area contributed by atoms with Crippen LogP contribution < -0.4 is 0 Å². The smallest absolute Gasteiger partial charge is 0.460 e. The summed E-state index contributed by atoms with van der Waals surface area (Å²) < 4.78 is 6.98. The lowest BCUT2D eigenvalue weighted by Crippen LogP contribution is -2.40. The van der Waals surface area contributed by atoms with Gasteiger partial charge in [0, 0.05) is 6.10 Å². The summed E-state index contributed by atoms with van der Waals surface area (Å²) in [5.74, 6) is 0.826. The number of hydrogen-bond acceptors (Lipinski definition) is 2. The van der Waals surface area contributed by atoms with Crippen molar-refractivity contribution in [2.75, 3.05) is 19.6 Å². The fourth-order valence-corrected chi connectivity index (χ4v) is 7.97. The number of rotatable bonds is 19. The lowest BCUT2D eigenvalue weighted by atomic mass is 9.90. The minimum atomic E-state index is -1.03. The average Bonchev–Trinajstić information content (AvgIpc) is 2.76. The van der Waals surface area contributed by atoms with Gasteiger partial charge in [0.25, 0.3) is 0 Å². The Labute approximate surface area is 189 Å². The van der Waals surface area contributed by atoms with Gasteiger partial charge < -0.3 is 8.69 Å².